The molecule has 0 aliphatic heterocycles. The summed E-state index contributed by atoms with van der Waals surface area (Å²) in [7, 11) is 0. The normalized spacial score (nSPS) is 10.4. The quantitative estimate of drug-likeness (QED) is 0.833. The number of benzene rings is 1. The zero-order chi connectivity index (χ0) is 13.1. The lowest BCUT2D eigenvalue weighted by atomic mass is 10.2. The summed E-state index contributed by atoms with van der Waals surface area (Å²) in [5.41, 5.74) is 0.505. The molecule has 2 nitrogen and oxygen atoms in total. The summed E-state index contributed by atoms with van der Waals surface area (Å²) in [5, 5.41) is 4.37. The van der Waals surface area contributed by atoms with Crippen LogP contribution >= 0.6 is 24.0 Å². The highest BCUT2D eigenvalue weighted by molar-refractivity contribution is 7.80. The molecular formula is C12H9F2NOS2. The number of nitrogens with one attached hydrogen (secondary N) is 1. The molecule has 0 aliphatic carbocycles. The highest BCUT2D eigenvalue weighted by Gasteiger charge is 2.08. The average molecular weight is 285 g/mol. The standard InChI is InChI=1S/C12H9F2NOS2/c13-9-2-1-7(3-10(9)14)5-15-12(16)11-4-8(17)6-18-11/h1-4,6,17H,5H2,(H,15,16). The fourth-order valence-corrected chi connectivity index (χ4v) is 2.43. The molecule has 0 fully saturated rings. The Morgan fingerprint density at radius 1 is 1.28 bits per heavy atom. The minimum absolute atomic E-state index is 0.149. The van der Waals surface area contributed by atoms with Gasteiger partial charge in [-0.15, -0.1) is 24.0 Å². The summed E-state index contributed by atoms with van der Waals surface area (Å²) in [5.74, 6) is -2.08. The highest BCUT2D eigenvalue weighted by Crippen LogP contribution is 2.17. The fourth-order valence-electron chi connectivity index (χ4n) is 1.36. The number of thiol groups is 1. The Kier molecular flexibility index (Phi) is 3.98. The molecule has 0 spiro atoms. The van der Waals surface area contributed by atoms with Crippen molar-refractivity contribution < 1.29 is 13.6 Å². The predicted molar refractivity (Wildman–Crippen MR) is 69.1 cm³/mol. The van der Waals surface area contributed by atoms with E-state index in [2.05, 4.69) is 17.9 Å². The van der Waals surface area contributed by atoms with Crippen molar-refractivity contribution in [2.75, 3.05) is 0 Å². The molecule has 1 amide bonds. The molecule has 1 aromatic heterocycles. The molecule has 0 aliphatic rings. The van der Waals surface area contributed by atoms with Crippen molar-refractivity contribution in [3.05, 3.63) is 51.7 Å². The van der Waals surface area contributed by atoms with Gasteiger partial charge in [0.25, 0.3) is 5.91 Å². The fraction of sp³-hybridized carbons (Fsp3) is 0.0833. The summed E-state index contributed by atoms with van der Waals surface area (Å²) >= 11 is 5.38. The van der Waals surface area contributed by atoms with E-state index in [0.29, 0.717) is 10.4 Å². The lowest BCUT2D eigenvalue weighted by Gasteiger charge is -2.04. The number of halogens is 2. The van der Waals surface area contributed by atoms with Crippen molar-refractivity contribution in [1.82, 2.24) is 5.32 Å². The monoisotopic (exact) mass is 285 g/mol. The number of amides is 1. The number of hydrogen-bond donors (Lipinski definition) is 2. The predicted octanol–water partition coefficient (Wildman–Crippen LogP) is 3.25. The SMILES string of the molecule is O=C(NCc1ccc(F)c(F)c1)c1cc(S)cs1. The van der Waals surface area contributed by atoms with Gasteiger partial charge < -0.3 is 5.32 Å². The molecule has 1 N–H and O–H groups in total. The van der Waals surface area contributed by atoms with Crippen molar-refractivity contribution in [2.24, 2.45) is 0 Å². The van der Waals surface area contributed by atoms with Gasteiger partial charge in [0.05, 0.1) is 4.88 Å². The molecule has 6 heteroatoms. The Bertz CT molecular complexity index is 583. The van der Waals surface area contributed by atoms with Crippen LogP contribution < -0.4 is 5.32 Å². The zero-order valence-corrected chi connectivity index (χ0v) is 10.8. The van der Waals surface area contributed by atoms with Crippen molar-refractivity contribution >= 4 is 29.9 Å². The van der Waals surface area contributed by atoms with Crippen molar-refractivity contribution in [1.29, 1.82) is 0 Å². The highest BCUT2D eigenvalue weighted by atomic mass is 32.1. The molecule has 18 heavy (non-hydrogen) atoms. The van der Waals surface area contributed by atoms with E-state index in [0.717, 1.165) is 17.0 Å². The van der Waals surface area contributed by atoms with Crippen LogP contribution in [0.25, 0.3) is 0 Å². The Labute approximate surface area is 112 Å². The summed E-state index contributed by atoms with van der Waals surface area (Å²) in [6, 6.07) is 5.17. The molecule has 0 unspecified atom stereocenters. The maximum atomic E-state index is 12.9. The molecule has 0 atom stereocenters. The molecule has 2 rings (SSSR count). The lowest BCUT2D eigenvalue weighted by Crippen LogP contribution is -2.21. The van der Waals surface area contributed by atoms with E-state index >= 15 is 0 Å². The second kappa shape index (κ2) is 5.49. The molecule has 2 aromatic rings. The number of carbonyl (C=O) groups excluding carboxylic acids is 1. The van der Waals surface area contributed by atoms with Gasteiger partial charge in [0, 0.05) is 16.8 Å². The molecule has 0 saturated carbocycles. The topological polar surface area (TPSA) is 29.1 Å². The van der Waals surface area contributed by atoms with Crippen LogP contribution in [0.2, 0.25) is 0 Å². The number of thiophene rings is 1. The summed E-state index contributed by atoms with van der Waals surface area (Å²) in [6.45, 7) is 0.149. The van der Waals surface area contributed by atoms with Crippen molar-refractivity contribution in [2.45, 2.75) is 11.4 Å². The summed E-state index contributed by atoms with van der Waals surface area (Å²) < 4.78 is 25.6. The van der Waals surface area contributed by atoms with E-state index in [4.69, 9.17) is 0 Å². The molecule has 94 valence electrons. The second-order valence-corrected chi connectivity index (χ2v) is 5.03. The van der Waals surface area contributed by atoms with Gasteiger partial charge >= 0.3 is 0 Å². The van der Waals surface area contributed by atoms with Gasteiger partial charge in [0.15, 0.2) is 11.6 Å². The van der Waals surface area contributed by atoms with E-state index in [1.54, 1.807) is 11.4 Å². The number of carbonyl (C=O) groups is 1. The van der Waals surface area contributed by atoms with Crippen LogP contribution in [0.15, 0.2) is 34.5 Å². The van der Waals surface area contributed by atoms with Crippen LogP contribution in [0.4, 0.5) is 8.78 Å². The third kappa shape index (κ3) is 3.08. The molecule has 1 heterocycles. The third-order valence-electron chi connectivity index (χ3n) is 2.25. The Hall–Kier alpha value is -1.40. The van der Waals surface area contributed by atoms with E-state index in [9.17, 15) is 13.6 Å². The van der Waals surface area contributed by atoms with Gasteiger partial charge in [0.1, 0.15) is 0 Å². The first-order chi connectivity index (χ1) is 8.56. The Morgan fingerprint density at radius 2 is 2.06 bits per heavy atom. The molecule has 0 bridgehead atoms. The zero-order valence-electron chi connectivity index (χ0n) is 9.11. The van der Waals surface area contributed by atoms with E-state index in [-0.39, 0.29) is 12.5 Å². The first-order valence-electron chi connectivity index (χ1n) is 5.06. The Morgan fingerprint density at radius 3 is 2.67 bits per heavy atom. The van der Waals surface area contributed by atoms with E-state index in [1.807, 2.05) is 0 Å². The van der Waals surface area contributed by atoms with Crippen molar-refractivity contribution in [3.63, 3.8) is 0 Å². The van der Waals surface area contributed by atoms with Gasteiger partial charge in [-0.25, -0.2) is 8.78 Å². The van der Waals surface area contributed by atoms with Crippen LogP contribution in [-0.4, -0.2) is 5.91 Å². The first kappa shape index (κ1) is 13.0. The largest absolute Gasteiger partial charge is 0.347 e. The average Bonchev–Trinajstić information content (AvgIpc) is 2.77. The molecule has 0 saturated heterocycles. The van der Waals surface area contributed by atoms with Crippen LogP contribution in [0, 0.1) is 11.6 Å². The van der Waals surface area contributed by atoms with E-state index < -0.39 is 11.6 Å². The van der Waals surface area contributed by atoms with Gasteiger partial charge in [-0.3, -0.25) is 4.79 Å². The summed E-state index contributed by atoms with van der Waals surface area (Å²) in [4.78, 5) is 12.9. The van der Waals surface area contributed by atoms with Crippen LogP contribution in [0.1, 0.15) is 15.2 Å². The maximum Gasteiger partial charge on any atom is 0.261 e. The minimum Gasteiger partial charge on any atom is -0.347 e. The van der Waals surface area contributed by atoms with Gasteiger partial charge in [-0.05, 0) is 23.8 Å². The third-order valence-corrected chi connectivity index (χ3v) is 3.61. The minimum atomic E-state index is -0.921. The van der Waals surface area contributed by atoms with Gasteiger partial charge in [0.2, 0.25) is 0 Å². The number of rotatable bonds is 3. The van der Waals surface area contributed by atoms with Crippen molar-refractivity contribution in [3.8, 4) is 0 Å². The smallest absolute Gasteiger partial charge is 0.261 e. The lowest BCUT2D eigenvalue weighted by molar-refractivity contribution is 0.0955. The van der Waals surface area contributed by atoms with Crippen LogP contribution in [-0.2, 0) is 6.54 Å². The van der Waals surface area contributed by atoms with Crippen LogP contribution in [0.5, 0.6) is 0 Å². The molecule has 0 radical (unpaired) electrons. The first-order valence-corrected chi connectivity index (χ1v) is 6.38. The maximum absolute atomic E-state index is 12.9. The van der Waals surface area contributed by atoms with Gasteiger partial charge in [-0.1, -0.05) is 6.07 Å². The van der Waals surface area contributed by atoms with Gasteiger partial charge in [-0.2, -0.15) is 0 Å². The second-order valence-electron chi connectivity index (χ2n) is 3.60. The van der Waals surface area contributed by atoms with Crippen LogP contribution in [0.3, 0.4) is 0 Å². The summed E-state index contributed by atoms with van der Waals surface area (Å²) in [6.07, 6.45) is 0. The van der Waals surface area contributed by atoms with E-state index in [1.165, 1.54) is 17.4 Å². The number of hydrogen-bond acceptors (Lipinski definition) is 3. The Balaban J connectivity index is 1.99. The molecule has 1 aromatic carbocycles. The molecular weight excluding hydrogens is 276 g/mol.